The fourth-order valence-corrected chi connectivity index (χ4v) is 4.26. The van der Waals surface area contributed by atoms with E-state index in [-0.39, 0.29) is 19.8 Å². The highest BCUT2D eigenvalue weighted by Crippen LogP contribution is 2.29. The lowest BCUT2D eigenvalue weighted by Gasteiger charge is -2.44. The van der Waals surface area contributed by atoms with Crippen LogP contribution in [0.3, 0.4) is 0 Å². The summed E-state index contributed by atoms with van der Waals surface area (Å²) < 4.78 is 35.8. The Hall–Kier alpha value is -3.04. The topological polar surface area (TPSA) is 75.6 Å². The molecule has 38 heavy (non-hydrogen) atoms. The molecule has 7 heteroatoms. The maximum atomic E-state index is 11.5. The molecule has 0 aromatic heterocycles. The Morgan fingerprint density at radius 2 is 1.34 bits per heavy atom. The molecule has 0 saturated carbocycles. The van der Waals surface area contributed by atoms with Gasteiger partial charge in [0.1, 0.15) is 30.2 Å². The third-order valence-electron chi connectivity index (χ3n) is 6.28. The molecular formula is C31H36O7. The lowest BCUT2D eigenvalue weighted by atomic mass is 9.98. The SMILES string of the molecule is C=CCO[C@H]1O[C@H](COCc2ccccc2)[C@H](OCc2ccc(OC)cc2)[C@H](O)[C@H]1OCc1ccccc1. The first-order chi connectivity index (χ1) is 18.7. The van der Waals surface area contributed by atoms with Gasteiger partial charge >= 0.3 is 0 Å². The molecule has 7 nitrogen and oxygen atoms in total. The van der Waals surface area contributed by atoms with Crippen LogP contribution in [0.2, 0.25) is 0 Å². The van der Waals surface area contributed by atoms with Crippen LogP contribution in [0.1, 0.15) is 16.7 Å². The van der Waals surface area contributed by atoms with E-state index in [9.17, 15) is 5.11 Å². The van der Waals surface area contributed by atoms with E-state index < -0.39 is 30.7 Å². The molecule has 1 N–H and O–H groups in total. The molecule has 5 atom stereocenters. The molecule has 3 aromatic carbocycles. The molecule has 0 bridgehead atoms. The number of hydrogen-bond acceptors (Lipinski definition) is 7. The smallest absolute Gasteiger partial charge is 0.187 e. The van der Waals surface area contributed by atoms with Crippen LogP contribution in [-0.2, 0) is 43.5 Å². The van der Waals surface area contributed by atoms with E-state index >= 15 is 0 Å². The van der Waals surface area contributed by atoms with Gasteiger partial charge in [-0.25, -0.2) is 0 Å². The number of aliphatic hydroxyl groups is 1. The molecule has 1 heterocycles. The Balaban J connectivity index is 1.48. The van der Waals surface area contributed by atoms with Crippen molar-refractivity contribution in [2.24, 2.45) is 0 Å². The molecule has 1 aliphatic heterocycles. The fraction of sp³-hybridized carbons (Fsp3) is 0.355. The zero-order valence-electron chi connectivity index (χ0n) is 21.7. The van der Waals surface area contributed by atoms with Crippen LogP contribution in [0.5, 0.6) is 5.75 Å². The summed E-state index contributed by atoms with van der Waals surface area (Å²) in [4.78, 5) is 0. The Labute approximate surface area is 224 Å². The first-order valence-electron chi connectivity index (χ1n) is 12.8. The Morgan fingerprint density at radius 1 is 0.763 bits per heavy atom. The minimum Gasteiger partial charge on any atom is -0.497 e. The predicted octanol–water partition coefficient (Wildman–Crippen LogP) is 4.67. The molecule has 1 fully saturated rings. The van der Waals surface area contributed by atoms with Gasteiger partial charge in [-0.3, -0.25) is 0 Å². The maximum absolute atomic E-state index is 11.5. The molecule has 4 rings (SSSR count). The van der Waals surface area contributed by atoms with Gasteiger partial charge < -0.3 is 33.5 Å². The van der Waals surface area contributed by atoms with Gasteiger partial charge in [-0.1, -0.05) is 78.9 Å². The van der Waals surface area contributed by atoms with Crippen LogP contribution in [0.4, 0.5) is 0 Å². The number of hydrogen-bond donors (Lipinski definition) is 1. The maximum Gasteiger partial charge on any atom is 0.187 e. The van der Waals surface area contributed by atoms with E-state index in [1.807, 2.05) is 84.9 Å². The predicted molar refractivity (Wildman–Crippen MR) is 144 cm³/mol. The number of rotatable bonds is 14. The normalized spacial score (nSPS) is 23.2. The van der Waals surface area contributed by atoms with E-state index in [4.69, 9.17) is 28.4 Å². The van der Waals surface area contributed by atoms with E-state index in [1.165, 1.54) is 0 Å². The van der Waals surface area contributed by atoms with Gasteiger partial charge in [-0.15, -0.1) is 6.58 Å². The minimum absolute atomic E-state index is 0.207. The molecule has 0 amide bonds. The van der Waals surface area contributed by atoms with Crippen molar-refractivity contribution in [1.82, 2.24) is 0 Å². The van der Waals surface area contributed by atoms with Gasteiger partial charge in [0.25, 0.3) is 0 Å². The molecule has 202 valence electrons. The average molecular weight is 521 g/mol. The highest BCUT2D eigenvalue weighted by molar-refractivity contribution is 5.26. The van der Waals surface area contributed by atoms with Crippen molar-refractivity contribution in [3.8, 4) is 5.75 Å². The molecule has 3 aromatic rings. The fourth-order valence-electron chi connectivity index (χ4n) is 4.26. The molecule has 0 spiro atoms. The van der Waals surface area contributed by atoms with Crippen LogP contribution < -0.4 is 4.74 Å². The van der Waals surface area contributed by atoms with E-state index in [1.54, 1.807) is 13.2 Å². The molecule has 1 saturated heterocycles. The van der Waals surface area contributed by atoms with Crippen LogP contribution >= 0.6 is 0 Å². The lowest BCUT2D eigenvalue weighted by molar-refractivity contribution is -0.318. The lowest BCUT2D eigenvalue weighted by Crippen LogP contribution is -2.61. The van der Waals surface area contributed by atoms with Crippen molar-refractivity contribution in [2.45, 2.75) is 50.5 Å². The Bertz CT molecular complexity index is 1070. The third kappa shape index (κ3) is 7.98. The summed E-state index contributed by atoms with van der Waals surface area (Å²) >= 11 is 0. The quantitative estimate of drug-likeness (QED) is 0.310. The second-order valence-electron chi connectivity index (χ2n) is 9.04. The van der Waals surface area contributed by atoms with Gasteiger partial charge in [0, 0.05) is 0 Å². The summed E-state index contributed by atoms with van der Waals surface area (Å²) in [5, 5.41) is 11.5. The van der Waals surface area contributed by atoms with Crippen molar-refractivity contribution in [3.05, 3.63) is 114 Å². The highest BCUT2D eigenvalue weighted by atomic mass is 16.7. The van der Waals surface area contributed by atoms with Crippen molar-refractivity contribution >= 4 is 0 Å². The van der Waals surface area contributed by atoms with Crippen molar-refractivity contribution in [1.29, 1.82) is 0 Å². The van der Waals surface area contributed by atoms with Crippen LogP contribution in [0, 0.1) is 0 Å². The summed E-state index contributed by atoms with van der Waals surface area (Å²) in [5.74, 6) is 0.763. The second-order valence-corrected chi connectivity index (χ2v) is 9.04. The summed E-state index contributed by atoms with van der Waals surface area (Å²) in [6, 6.07) is 27.3. The highest BCUT2D eigenvalue weighted by Gasteiger charge is 2.47. The summed E-state index contributed by atoms with van der Waals surface area (Å²) in [6.45, 7) is 5.16. The van der Waals surface area contributed by atoms with Gasteiger partial charge in [0.05, 0.1) is 40.1 Å². The number of ether oxygens (including phenoxy) is 6. The monoisotopic (exact) mass is 520 g/mol. The van der Waals surface area contributed by atoms with Gasteiger partial charge in [0.15, 0.2) is 6.29 Å². The van der Waals surface area contributed by atoms with Crippen molar-refractivity contribution in [3.63, 3.8) is 0 Å². The van der Waals surface area contributed by atoms with Gasteiger partial charge in [0.2, 0.25) is 0 Å². The zero-order chi connectivity index (χ0) is 26.6. The number of aliphatic hydroxyl groups excluding tert-OH is 1. The van der Waals surface area contributed by atoms with Crippen molar-refractivity contribution in [2.75, 3.05) is 20.3 Å². The molecule has 0 radical (unpaired) electrons. The van der Waals surface area contributed by atoms with Crippen LogP contribution in [0.15, 0.2) is 97.6 Å². The molecule has 0 aliphatic carbocycles. The summed E-state index contributed by atoms with van der Waals surface area (Å²) in [6.07, 6.45) is -2.28. The second kappa shape index (κ2) is 14.8. The average Bonchev–Trinajstić information content (AvgIpc) is 2.96. The molecule has 0 unspecified atom stereocenters. The summed E-state index contributed by atoms with van der Waals surface area (Å²) in [5.41, 5.74) is 2.96. The van der Waals surface area contributed by atoms with Gasteiger partial charge in [-0.2, -0.15) is 0 Å². The van der Waals surface area contributed by atoms with Crippen LogP contribution in [0.25, 0.3) is 0 Å². The Morgan fingerprint density at radius 3 is 1.95 bits per heavy atom. The first kappa shape index (κ1) is 28.0. The van der Waals surface area contributed by atoms with Crippen LogP contribution in [-0.4, -0.2) is 56.1 Å². The zero-order valence-corrected chi connectivity index (χ0v) is 21.7. The van der Waals surface area contributed by atoms with Crippen molar-refractivity contribution < 1.29 is 33.5 Å². The van der Waals surface area contributed by atoms with E-state index in [2.05, 4.69) is 6.58 Å². The van der Waals surface area contributed by atoms with E-state index in [0.717, 1.165) is 22.4 Å². The molecular weight excluding hydrogens is 484 g/mol. The van der Waals surface area contributed by atoms with Gasteiger partial charge in [-0.05, 0) is 28.8 Å². The number of methoxy groups -OCH3 is 1. The van der Waals surface area contributed by atoms with E-state index in [0.29, 0.717) is 13.2 Å². The Kier molecular flexibility index (Phi) is 10.9. The summed E-state index contributed by atoms with van der Waals surface area (Å²) in [7, 11) is 1.63. The third-order valence-corrected chi connectivity index (χ3v) is 6.28. The molecule has 1 aliphatic rings. The minimum atomic E-state index is -1.02. The number of benzene rings is 3. The standard InChI is InChI=1S/C31H36O7/c1-3-18-35-31-30(37-20-24-12-8-5-9-13-24)28(32)29(36-21-25-14-16-26(33-2)17-15-25)27(38-31)22-34-19-23-10-6-4-7-11-23/h3-17,27-32H,1,18-22H2,2H3/t27-,28+,29+,30-,31+/m1/s1. The largest absolute Gasteiger partial charge is 0.497 e. The first-order valence-corrected chi connectivity index (χ1v) is 12.8.